The van der Waals surface area contributed by atoms with Crippen LogP contribution in [0.2, 0.25) is 0 Å². The van der Waals surface area contributed by atoms with E-state index in [4.69, 9.17) is 5.73 Å². The molecule has 4 heteroatoms. The van der Waals surface area contributed by atoms with Crippen LogP contribution in [0.1, 0.15) is 5.69 Å². The second kappa shape index (κ2) is 3.38. The van der Waals surface area contributed by atoms with E-state index in [0.717, 1.165) is 28.2 Å². The van der Waals surface area contributed by atoms with E-state index in [9.17, 15) is 0 Å². The fourth-order valence-corrected chi connectivity index (χ4v) is 2.26. The summed E-state index contributed by atoms with van der Waals surface area (Å²) in [7, 11) is 1.92. The summed E-state index contributed by atoms with van der Waals surface area (Å²) in [5.41, 5.74) is 10.9. The SMILES string of the molecule is Cc1nn(C)c(-c2c[nH]c3ccccc23)c1N. The van der Waals surface area contributed by atoms with Crippen LogP contribution in [0.5, 0.6) is 0 Å². The second-order valence-corrected chi connectivity index (χ2v) is 4.22. The number of nitrogens with zero attached hydrogens (tertiary/aromatic N) is 2. The number of nitrogens with two attached hydrogens (primary N) is 1. The zero-order valence-corrected chi connectivity index (χ0v) is 9.86. The standard InChI is InChI=1S/C13H14N4/c1-8-12(14)13(17(2)16-8)10-7-15-11-6-4-3-5-9(10)11/h3-7,15H,14H2,1-2H3. The maximum atomic E-state index is 6.09. The summed E-state index contributed by atoms with van der Waals surface area (Å²) in [6.45, 7) is 1.92. The Hall–Kier alpha value is -2.23. The van der Waals surface area contributed by atoms with Crippen LogP contribution in [0, 0.1) is 6.92 Å². The van der Waals surface area contributed by atoms with E-state index >= 15 is 0 Å². The Labute approximate surface area is 99.1 Å². The van der Waals surface area contributed by atoms with E-state index in [1.165, 1.54) is 5.39 Å². The molecule has 0 atom stereocenters. The highest BCUT2D eigenvalue weighted by Gasteiger charge is 2.15. The molecule has 3 aromatic rings. The Morgan fingerprint density at radius 3 is 2.76 bits per heavy atom. The van der Waals surface area contributed by atoms with Gasteiger partial charge < -0.3 is 10.7 Å². The first-order valence-electron chi connectivity index (χ1n) is 5.54. The summed E-state index contributed by atoms with van der Waals surface area (Å²) in [6.07, 6.45) is 1.98. The third-order valence-corrected chi connectivity index (χ3v) is 3.11. The number of H-pyrrole nitrogens is 1. The number of benzene rings is 1. The van der Waals surface area contributed by atoms with Gasteiger partial charge in [-0.05, 0) is 13.0 Å². The number of fused-ring (bicyclic) bond motifs is 1. The first-order valence-corrected chi connectivity index (χ1v) is 5.54. The molecule has 1 aromatic carbocycles. The molecular weight excluding hydrogens is 212 g/mol. The normalized spacial score (nSPS) is 11.2. The van der Waals surface area contributed by atoms with E-state index in [1.807, 2.05) is 37.0 Å². The maximum Gasteiger partial charge on any atom is 0.0933 e. The minimum atomic E-state index is 0.747. The van der Waals surface area contributed by atoms with Crippen LogP contribution in [0.25, 0.3) is 22.2 Å². The number of rotatable bonds is 1. The molecule has 0 unspecified atom stereocenters. The van der Waals surface area contributed by atoms with Gasteiger partial charge in [-0.3, -0.25) is 4.68 Å². The summed E-state index contributed by atoms with van der Waals surface area (Å²) in [5.74, 6) is 0. The van der Waals surface area contributed by atoms with Gasteiger partial charge in [-0.2, -0.15) is 5.10 Å². The summed E-state index contributed by atoms with van der Waals surface area (Å²) >= 11 is 0. The minimum Gasteiger partial charge on any atom is -0.395 e. The van der Waals surface area contributed by atoms with Gasteiger partial charge in [0.25, 0.3) is 0 Å². The minimum absolute atomic E-state index is 0.747. The third kappa shape index (κ3) is 1.34. The van der Waals surface area contributed by atoms with Crippen molar-refractivity contribution in [1.29, 1.82) is 0 Å². The first kappa shape index (κ1) is 9.96. The Kier molecular flexibility index (Phi) is 1.98. The van der Waals surface area contributed by atoms with Crippen LogP contribution < -0.4 is 5.73 Å². The van der Waals surface area contributed by atoms with Crippen LogP contribution >= 0.6 is 0 Å². The highest BCUT2D eigenvalue weighted by molar-refractivity contribution is 5.97. The molecular formula is C13H14N4. The van der Waals surface area contributed by atoms with Crippen LogP contribution in [-0.4, -0.2) is 14.8 Å². The van der Waals surface area contributed by atoms with Gasteiger partial charge in [0.1, 0.15) is 0 Å². The van der Waals surface area contributed by atoms with Crippen molar-refractivity contribution in [2.75, 3.05) is 5.73 Å². The summed E-state index contributed by atoms with van der Waals surface area (Å²) in [5, 5.41) is 5.52. The monoisotopic (exact) mass is 226 g/mol. The molecule has 0 aliphatic carbocycles. The van der Waals surface area contributed by atoms with Crippen molar-refractivity contribution >= 4 is 16.6 Å². The van der Waals surface area contributed by atoms with Gasteiger partial charge in [-0.1, -0.05) is 18.2 Å². The van der Waals surface area contributed by atoms with Gasteiger partial charge in [0.2, 0.25) is 0 Å². The molecule has 0 spiro atoms. The molecule has 17 heavy (non-hydrogen) atoms. The molecule has 2 heterocycles. The average molecular weight is 226 g/mol. The van der Waals surface area contributed by atoms with E-state index in [-0.39, 0.29) is 0 Å². The molecule has 4 nitrogen and oxygen atoms in total. The van der Waals surface area contributed by atoms with E-state index in [0.29, 0.717) is 0 Å². The smallest absolute Gasteiger partial charge is 0.0933 e. The topological polar surface area (TPSA) is 59.6 Å². The molecule has 0 bridgehead atoms. The molecule has 0 aliphatic heterocycles. The predicted octanol–water partition coefficient (Wildman–Crippen LogP) is 2.46. The predicted molar refractivity (Wildman–Crippen MR) is 69.7 cm³/mol. The molecule has 0 fully saturated rings. The van der Waals surface area contributed by atoms with Crippen molar-refractivity contribution in [3.8, 4) is 11.3 Å². The molecule has 0 aliphatic rings. The number of anilines is 1. The lowest BCUT2D eigenvalue weighted by molar-refractivity contribution is 0.764. The number of nitrogens with one attached hydrogen (secondary N) is 1. The van der Waals surface area contributed by atoms with Crippen molar-refractivity contribution in [1.82, 2.24) is 14.8 Å². The fourth-order valence-electron chi connectivity index (χ4n) is 2.26. The molecule has 0 saturated heterocycles. The Morgan fingerprint density at radius 1 is 1.29 bits per heavy atom. The van der Waals surface area contributed by atoms with Crippen molar-refractivity contribution < 1.29 is 0 Å². The van der Waals surface area contributed by atoms with Crippen molar-refractivity contribution in [3.63, 3.8) is 0 Å². The third-order valence-electron chi connectivity index (χ3n) is 3.11. The van der Waals surface area contributed by atoms with Crippen LogP contribution in [0.15, 0.2) is 30.5 Å². The Bertz CT molecular complexity index is 691. The number of hydrogen-bond acceptors (Lipinski definition) is 2. The van der Waals surface area contributed by atoms with E-state index < -0.39 is 0 Å². The van der Waals surface area contributed by atoms with Crippen LogP contribution in [0.4, 0.5) is 5.69 Å². The largest absolute Gasteiger partial charge is 0.395 e. The summed E-state index contributed by atoms with van der Waals surface area (Å²) in [6, 6.07) is 8.18. The number of aryl methyl sites for hydroxylation is 2. The first-order chi connectivity index (χ1) is 8.18. The highest BCUT2D eigenvalue weighted by Crippen LogP contribution is 2.33. The average Bonchev–Trinajstić information content (AvgIpc) is 2.82. The zero-order chi connectivity index (χ0) is 12.0. The van der Waals surface area contributed by atoms with Crippen LogP contribution in [0.3, 0.4) is 0 Å². The maximum absolute atomic E-state index is 6.09. The Balaban J connectivity index is 2.35. The molecule has 0 radical (unpaired) electrons. The second-order valence-electron chi connectivity index (χ2n) is 4.22. The quantitative estimate of drug-likeness (QED) is 0.669. The van der Waals surface area contributed by atoms with Crippen molar-refractivity contribution in [2.45, 2.75) is 6.92 Å². The molecule has 0 saturated carbocycles. The molecule has 3 N–H and O–H groups in total. The van der Waals surface area contributed by atoms with Crippen molar-refractivity contribution in [3.05, 3.63) is 36.2 Å². The lowest BCUT2D eigenvalue weighted by atomic mass is 10.1. The lowest BCUT2D eigenvalue weighted by Crippen LogP contribution is -1.95. The number of hydrogen-bond donors (Lipinski definition) is 2. The van der Waals surface area contributed by atoms with Gasteiger partial charge in [-0.15, -0.1) is 0 Å². The fraction of sp³-hybridized carbons (Fsp3) is 0.154. The van der Waals surface area contributed by atoms with Gasteiger partial charge in [0.15, 0.2) is 0 Å². The van der Waals surface area contributed by atoms with Gasteiger partial charge in [0, 0.05) is 29.7 Å². The van der Waals surface area contributed by atoms with Gasteiger partial charge in [0.05, 0.1) is 17.1 Å². The van der Waals surface area contributed by atoms with E-state index in [1.54, 1.807) is 0 Å². The number of aromatic nitrogens is 3. The molecule has 2 aromatic heterocycles. The highest BCUT2D eigenvalue weighted by atomic mass is 15.3. The molecule has 3 rings (SSSR count). The van der Waals surface area contributed by atoms with Gasteiger partial charge in [-0.25, -0.2) is 0 Å². The lowest BCUT2D eigenvalue weighted by Gasteiger charge is -2.01. The van der Waals surface area contributed by atoms with Gasteiger partial charge >= 0.3 is 0 Å². The number of nitrogen functional groups attached to an aromatic ring is 1. The Morgan fingerprint density at radius 2 is 2.06 bits per heavy atom. The van der Waals surface area contributed by atoms with E-state index in [2.05, 4.69) is 22.2 Å². The molecule has 86 valence electrons. The number of aromatic amines is 1. The van der Waals surface area contributed by atoms with Crippen LogP contribution in [-0.2, 0) is 7.05 Å². The summed E-state index contributed by atoms with van der Waals surface area (Å²) < 4.78 is 1.83. The zero-order valence-electron chi connectivity index (χ0n) is 9.86. The van der Waals surface area contributed by atoms with Crippen molar-refractivity contribution in [2.24, 2.45) is 7.05 Å². The molecule has 0 amide bonds. The number of para-hydroxylation sites is 1. The summed E-state index contributed by atoms with van der Waals surface area (Å²) in [4.78, 5) is 3.25.